The molecule has 1 heterocycles. The molecule has 1 aromatic rings. The molecule has 0 unspecified atom stereocenters. The van der Waals surface area contributed by atoms with Gasteiger partial charge in [0.1, 0.15) is 0 Å². The Kier molecular flexibility index (Phi) is 9.22. The van der Waals surface area contributed by atoms with E-state index in [9.17, 15) is 9.59 Å². The van der Waals surface area contributed by atoms with Crippen molar-refractivity contribution in [2.75, 3.05) is 39.0 Å². The number of rotatable bonds is 10. The zero-order valence-electron chi connectivity index (χ0n) is 17.1. The van der Waals surface area contributed by atoms with E-state index in [0.29, 0.717) is 24.0 Å². The largest absolute Gasteiger partial charge is 0.340 e. The third-order valence-electron chi connectivity index (χ3n) is 3.95. The van der Waals surface area contributed by atoms with Crippen LogP contribution in [0.25, 0.3) is 0 Å². The molecule has 0 saturated heterocycles. The summed E-state index contributed by atoms with van der Waals surface area (Å²) in [6.45, 7) is 10.3. The van der Waals surface area contributed by atoms with Gasteiger partial charge in [0, 0.05) is 31.0 Å². The minimum atomic E-state index is -0.186. The summed E-state index contributed by atoms with van der Waals surface area (Å²) >= 11 is 1.38. The Morgan fingerprint density at radius 1 is 1.35 bits per heavy atom. The molecule has 0 saturated carbocycles. The van der Waals surface area contributed by atoms with Crippen LogP contribution >= 0.6 is 11.3 Å². The molecule has 1 atom stereocenters. The van der Waals surface area contributed by atoms with E-state index in [1.807, 2.05) is 5.38 Å². The highest BCUT2D eigenvalue weighted by molar-refractivity contribution is 7.13. The Labute approximate surface area is 162 Å². The SMILES string of the molecule is C[C@H](CC(=O)N(CCC[NH+](C)C)CC(=O)Nc1nccs1)CC(C)(C)C. The van der Waals surface area contributed by atoms with Crippen LogP contribution < -0.4 is 10.2 Å². The minimum Gasteiger partial charge on any atom is -0.340 e. The number of aromatic nitrogens is 1. The lowest BCUT2D eigenvalue weighted by molar-refractivity contribution is -0.858. The molecule has 0 bridgehead atoms. The van der Waals surface area contributed by atoms with Crippen molar-refractivity contribution in [1.29, 1.82) is 0 Å². The number of anilines is 1. The van der Waals surface area contributed by atoms with Crippen molar-refractivity contribution >= 4 is 28.3 Å². The van der Waals surface area contributed by atoms with Crippen LogP contribution in [0.4, 0.5) is 5.13 Å². The Balaban J connectivity index is 2.63. The summed E-state index contributed by atoms with van der Waals surface area (Å²) in [6.07, 6.45) is 4.00. The molecule has 1 aromatic heterocycles. The summed E-state index contributed by atoms with van der Waals surface area (Å²) < 4.78 is 0. The third-order valence-corrected chi connectivity index (χ3v) is 4.64. The van der Waals surface area contributed by atoms with Gasteiger partial charge in [-0.25, -0.2) is 4.98 Å². The van der Waals surface area contributed by atoms with Crippen molar-refractivity contribution in [3.05, 3.63) is 11.6 Å². The standard InChI is InChI=1S/C19H34N4O2S/c1-15(13-19(2,3)4)12-17(25)23(10-7-9-22(5)6)14-16(24)21-18-20-8-11-26-18/h8,11,15H,7,9-10,12-14H2,1-6H3,(H,20,21,24)/p+1/t15-/m1/s1. The van der Waals surface area contributed by atoms with E-state index in [0.717, 1.165) is 19.4 Å². The predicted molar refractivity (Wildman–Crippen MR) is 107 cm³/mol. The Hall–Kier alpha value is -1.47. The van der Waals surface area contributed by atoms with Crippen LogP contribution in [0.5, 0.6) is 0 Å². The van der Waals surface area contributed by atoms with Crippen LogP contribution in [-0.4, -0.2) is 55.4 Å². The molecule has 7 heteroatoms. The van der Waals surface area contributed by atoms with Gasteiger partial charge in [0.15, 0.2) is 5.13 Å². The van der Waals surface area contributed by atoms with E-state index in [4.69, 9.17) is 0 Å². The Bertz CT molecular complexity index is 552. The topological polar surface area (TPSA) is 66.7 Å². The van der Waals surface area contributed by atoms with Crippen LogP contribution in [0, 0.1) is 11.3 Å². The molecule has 0 aliphatic heterocycles. The number of thiazole rings is 1. The molecule has 148 valence electrons. The highest BCUT2D eigenvalue weighted by atomic mass is 32.1. The highest BCUT2D eigenvalue weighted by Crippen LogP contribution is 2.26. The van der Waals surface area contributed by atoms with Gasteiger partial charge in [-0.3, -0.25) is 9.59 Å². The number of nitrogens with one attached hydrogen (secondary N) is 2. The minimum absolute atomic E-state index is 0.0600. The van der Waals surface area contributed by atoms with E-state index in [-0.39, 0.29) is 23.8 Å². The molecule has 0 radical (unpaired) electrons. The molecule has 2 amide bonds. The van der Waals surface area contributed by atoms with E-state index in [2.05, 4.69) is 52.1 Å². The van der Waals surface area contributed by atoms with E-state index >= 15 is 0 Å². The zero-order chi connectivity index (χ0) is 19.7. The van der Waals surface area contributed by atoms with Gasteiger partial charge >= 0.3 is 0 Å². The fraction of sp³-hybridized carbons (Fsp3) is 0.737. The maximum atomic E-state index is 12.8. The van der Waals surface area contributed by atoms with Gasteiger partial charge in [-0.1, -0.05) is 27.7 Å². The smallest absolute Gasteiger partial charge is 0.245 e. The number of amides is 2. The maximum Gasteiger partial charge on any atom is 0.245 e. The summed E-state index contributed by atoms with van der Waals surface area (Å²) in [5.74, 6) is 0.172. The first kappa shape index (κ1) is 22.6. The molecule has 0 spiro atoms. The predicted octanol–water partition coefficient (Wildman–Crippen LogP) is 1.91. The molecular formula is C19H35N4O2S+. The molecule has 0 aromatic carbocycles. The van der Waals surface area contributed by atoms with Gasteiger partial charge in [0.05, 0.1) is 27.2 Å². The first-order valence-electron chi connectivity index (χ1n) is 9.33. The lowest BCUT2D eigenvalue weighted by atomic mass is 9.84. The first-order valence-corrected chi connectivity index (χ1v) is 10.2. The second-order valence-corrected chi connectivity index (χ2v) is 9.48. The fourth-order valence-electron chi connectivity index (χ4n) is 3.08. The van der Waals surface area contributed by atoms with Gasteiger partial charge in [-0.15, -0.1) is 11.3 Å². The normalized spacial score (nSPS) is 12.9. The molecule has 2 N–H and O–H groups in total. The van der Waals surface area contributed by atoms with Crippen molar-refractivity contribution in [1.82, 2.24) is 9.88 Å². The van der Waals surface area contributed by atoms with Crippen molar-refractivity contribution in [3.63, 3.8) is 0 Å². The number of carbonyl (C=O) groups is 2. The van der Waals surface area contributed by atoms with E-state index in [1.54, 1.807) is 11.1 Å². The molecule has 1 rings (SSSR count). The first-order chi connectivity index (χ1) is 12.1. The third kappa shape index (κ3) is 9.87. The monoisotopic (exact) mass is 383 g/mol. The van der Waals surface area contributed by atoms with Crippen molar-refractivity contribution < 1.29 is 14.5 Å². The van der Waals surface area contributed by atoms with Crippen molar-refractivity contribution in [2.45, 2.75) is 47.0 Å². The average molecular weight is 384 g/mol. The molecule has 0 fully saturated rings. The average Bonchev–Trinajstić information content (AvgIpc) is 2.96. The van der Waals surface area contributed by atoms with Gasteiger partial charge in [0.25, 0.3) is 0 Å². The van der Waals surface area contributed by atoms with Crippen LogP contribution in [-0.2, 0) is 9.59 Å². The zero-order valence-corrected chi connectivity index (χ0v) is 17.9. The molecule has 26 heavy (non-hydrogen) atoms. The van der Waals surface area contributed by atoms with Crippen LogP contribution in [0.15, 0.2) is 11.6 Å². The molecule has 0 aliphatic rings. The molecule has 6 nitrogen and oxygen atoms in total. The van der Waals surface area contributed by atoms with Crippen molar-refractivity contribution in [3.8, 4) is 0 Å². The quantitative estimate of drug-likeness (QED) is 0.649. The van der Waals surface area contributed by atoms with Gasteiger partial charge in [-0.2, -0.15) is 0 Å². The summed E-state index contributed by atoms with van der Waals surface area (Å²) in [4.78, 5) is 32.2. The second-order valence-electron chi connectivity index (χ2n) is 8.59. The summed E-state index contributed by atoms with van der Waals surface area (Å²) in [7, 11) is 4.18. The lowest BCUT2D eigenvalue weighted by Crippen LogP contribution is -3.05. The van der Waals surface area contributed by atoms with Gasteiger partial charge in [0.2, 0.25) is 11.8 Å². The van der Waals surface area contributed by atoms with E-state index in [1.165, 1.54) is 16.2 Å². The van der Waals surface area contributed by atoms with Crippen LogP contribution in [0.1, 0.15) is 47.0 Å². The Morgan fingerprint density at radius 2 is 2.04 bits per heavy atom. The maximum absolute atomic E-state index is 12.8. The molecular weight excluding hydrogens is 348 g/mol. The van der Waals surface area contributed by atoms with Crippen LogP contribution in [0.2, 0.25) is 0 Å². The summed E-state index contributed by atoms with van der Waals surface area (Å²) in [5.41, 5.74) is 0.195. The van der Waals surface area contributed by atoms with Crippen LogP contribution in [0.3, 0.4) is 0 Å². The summed E-state index contributed by atoms with van der Waals surface area (Å²) in [5, 5.41) is 5.15. The summed E-state index contributed by atoms with van der Waals surface area (Å²) in [6, 6.07) is 0. The number of hydrogen-bond acceptors (Lipinski definition) is 4. The van der Waals surface area contributed by atoms with E-state index < -0.39 is 0 Å². The molecule has 0 aliphatic carbocycles. The van der Waals surface area contributed by atoms with Crippen molar-refractivity contribution in [2.24, 2.45) is 11.3 Å². The van der Waals surface area contributed by atoms with Gasteiger partial charge < -0.3 is 15.1 Å². The second kappa shape index (κ2) is 10.6. The number of quaternary nitrogens is 1. The van der Waals surface area contributed by atoms with Gasteiger partial charge in [-0.05, 0) is 17.8 Å². The Morgan fingerprint density at radius 3 is 2.58 bits per heavy atom. The number of carbonyl (C=O) groups excluding carboxylic acids is 2. The lowest BCUT2D eigenvalue weighted by Gasteiger charge is -2.27. The highest BCUT2D eigenvalue weighted by Gasteiger charge is 2.22. The number of hydrogen-bond donors (Lipinski definition) is 2. The fourth-order valence-corrected chi connectivity index (χ4v) is 3.62. The number of nitrogens with zero attached hydrogens (tertiary/aromatic N) is 2.